The number of nitrogens with zero attached hydrogens (tertiary/aromatic N) is 4. The maximum absolute atomic E-state index is 5.86. The van der Waals surface area contributed by atoms with Gasteiger partial charge in [-0.3, -0.25) is 0 Å². The maximum Gasteiger partial charge on any atom is 0.231 e. The molecule has 0 saturated heterocycles. The Hall–Kier alpha value is -1.14. The summed E-state index contributed by atoms with van der Waals surface area (Å²) in [6.07, 6.45) is 0. The predicted octanol–water partition coefficient (Wildman–Crippen LogP) is 1.43. The molecule has 0 spiro atoms. The number of aromatic nitrogens is 3. The average molecular weight is 260 g/mol. The lowest BCUT2D eigenvalue weighted by Gasteiger charge is -2.18. The van der Waals surface area contributed by atoms with E-state index in [0.29, 0.717) is 25.0 Å². The number of halogens is 1. The minimum absolute atomic E-state index is 0.196. The quantitative estimate of drug-likeness (QED) is 0.748. The van der Waals surface area contributed by atoms with Crippen LogP contribution in [0.3, 0.4) is 0 Å². The van der Waals surface area contributed by atoms with E-state index >= 15 is 0 Å². The minimum atomic E-state index is 0.196. The number of hydrogen-bond acceptors (Lipinski definition) is 6. The second-order valence-corrected chi connectivity index (χ2v) is 3.66. The molecule has 0 aliphatic rings. The van der Waals surface area contributed by atoms with Gasteiger partial charge in [0.25, 0.3) is 0 Å². The number of anilines is 2. The SMILES string of the molecule is CCN(CC)c1nc(Cl)nc(NCCOC)n1. The first kappa shape index (κ1) is 13.9. The summed E-state index contributed by atoms with van der Waals surface area (Å²) in [5.41, 5.74) is 0. The molecule has 0 aromatic carbocycles. The van der Waals surface area contributed by atoms with Gasteiger partial charge in [-0.05, 0) is 25.4 Å². The summed E-state index contributed by atoms with van der Waals surface area (Å²) in [4.78, 5) is 14.4. The Labute approximate surface area is 106 Å². The van der Waals surface area contributed by atoms with Gasteiger partial charge in [0, 0.05) is 26.7 Å². The van der Waals surface area contributed by atoms with Gasteiger partial charge < -0.3 is 15.0 Å². The fourth-order valence-electron chi connectivity index (χ4n) is 1.33. The Morgan fingerprint density at radius 1 is 1.24 bits per heavy atom. The van der Waals surface area contributed by atoms with E-state index in [0.717, 1.165) is 13.1 Å². The first-order chi connectivity index (χ1) is 8.21. The van der Waals surface area contributed by atoms with E-state index in [1.807, 2.05) is 18.7 Å². The van der Waals surface area contributed by atoms with Crippen molar-refractivity contribution in [2.45, 2.75) is 13.8 Å². The van der Waals surface area contributed by atoms with Crippen LogP contribution < -0.4 is 10.2 Å². The summed E-state index contributed by atoms with van der Waals surface area (Å²) >= 11 is 5.86. The van der Waals surface area contributed by atoms with E-state index in [1.165, 1.54) is 0 Å². The third-order valence-corrected chi connectivity index (χ3v) is 2.40. The molecule has 0 bridgehead atoms. The second-order valence-electron chi connectivity index (χ2n) is 3.32. The molecule has 0 amide bonds. The summed E-state index contributed by atoms with van der Waals surface area (Å²) in [5.74, 6) is 1.07. The van der Waals surface area contributed by atoms with Gasteiger partial charge in [0.2, 0.25) is 17.2 Å². The van der Waals surface area contributed by atoms with E-state index in [2.05, 4.69) is 20.3 Å². The molecule has 1 rings (SSSR count). The molecular formula is C10H18ClN5O. The molecule has 7 heteroatoms. The number of nitrogens with one attached hydrogen (secondary N) is 1. The highest BCUT2D eigenvalue weighted by Crippen LogP contribution is 2.13. The smallest absolute Gasteiger partial charge is 0.231 e. The van der Waals surface area contributed by atoms with E-state index in [1.54, 1.807) is 7.11 Å². The first-order valence-corrected chi connectivity index (χ1v) is 5.98. The molecular weight excluding hydrogens is 242 g/mol. The second kappa shape index (κ2) is 7.24. The third kappa shape index (κ3) is 4.32. The van der Waals surface area contributed by atoms with Crippen molar-refractivity contribution in [1.29, 1.82) is 0 Å². The van der Waals surface area contributed by atoms with Crippen LogP contribution in [0.25, 0.3) is 0 Å². The molecule has 1 aromatic heterocycles. The molecule has 1 N–H and O–H groups in total. The van der Waals surface area contributed by atoms with E-state index in [9.17, 15) is 0 Å². The molecule has 0 unspecified atom stereocenters. The van der Waals surface area contributed by atoms with Crippen LogP contribution in [0.1, 0.15) is 13.8 Å². The van der Waals surface area contributed by atoms with Crippen molar-refractivity contribution in [3.05, 3.63) is 5.28 Å². The molecule has 17 heavy (non-hydrogen) atoms. The van der Waals surface area contributed by atoms with Crippen molar-refractivity contribution in [3.63, 3.8) is 0 Å². The van der Waals surface area contributed by atoms with Crippen molar-refractivity contribution in [2.75, 3.05) is 43.6 Å². The molecule has 0 atom stereocenters. The summed E-state index contributed by atoms with van der Waals surface area (Å²) in [6, 6.07) is 0. The molecule has 0 aliphatic carbocycles. The van der Waals surface area contributed by atoms with Crippen molar-refractivity contribution < 1.29 is 4.74 Å². The van der Waals surface area contributed by atoms with Crippen LogP contribution in [0.15, 0.2) is 0 Å². The fourth-order valence-corrected chi connectivity index (χ4v) is 1.49. The molecule has 0 saturated carbocycles. The van der Waals surface area contributed by atoms with Crippen molar-refractivity contribution in [1.82, 2.24) is 15.0 Å². The normalized spacial score (nSPS) is 10.4. The first-order valence-electron chi connectivity index (χ1n) is 5.60. The zero-order valence-electron chi connectivity index (χ0n) is 10.4. The standard InChI is InChI=1S/C10H18ClN5O/c1-4-16(5-2)10-14-8(11)13-9(15-10)12-6-7-17-3/h4-7H2,1-3H3,(H,12,13,14,15). The highest BCUT2D eigenvalue weighted by molar-refractivity contribution is 6.28. The van der Waals surface area contributed by atoms with Gasteiger partial charge >= 0.3 is 0 Å². The van der Waals surface area contributed by atoms with Gasteiger partial charge in [0.15, 0.2) is 0 Å². The Morgan fingerprint density at radius 3 is 2.53 bits per heavy atom. The fraction of sp³-hybridized carbons (Fsp3) is 0.700. The number of methoxy groups -OCH3 is 1. The molecule has 0 fully saturated rings. The summed E-state index contributed by atoms with van der Waals surface area (Å²) in [5, 5.41) is 3.23. The Bertz CT molecular complexity index is 345. The average Bonchev–Trinajstić information content (AvgIpc) is 2.30. The topological polar surface area (TPSA) is 63.2 Å². The lowest BCUT2D eigenvalue weighted by molar-refractivity contribution is 0.210. The number of rotatable bonds is 7. The van der Waals surface area contributed by atoms with Gasteiger partial charge in [0.1, 0.15) is 0 Å². The number of hydrogen-bond donors (Lipinski definition) is 1. The summed E-state index contributed by atoms with van der Waals surface area (Å²) in [7, 11) is 1.64. The molecule has 1 heterocycles. The third-order valence-electron chi connectivity index (χ3n) is 2.23. The van der Waals surface area contributed by atoms with Crippen LogP contribution in [0.5, 0.6) is 0 Å². The van der Waals surface area contributed by atoms with Gasteiger partial charge in [0.05, 0.1) is 6.61 Å². The van der Waals surface area contributed by atoms with Gasteiger partial charge in [-0.15, -0.1) is 0 Å². The molecule has 96 valence electrons. The van der Waals surface area contributed by atoms with E-state index < -0.39 is 0 Å². The maximum atomic E-state index is 5.86. The minimum Gasteiger partial charge on any atom is -0.383 e. The van der Waals surface area contributed by atoms with Gasteiger partial charge in [-0.1, -0.05) is 0 Å². The highest BCUT2D eigenvalue weighted by atomic mass is 35.5. The monoisotopic (exact) mass is 259 g/mol. The lowest BCUT2D eigenvalue weighted by Crippen LogP contribution is -2.25. The molecule has 1 aromatic rings. The van der Waals surface area contributed by atoms with Gasteiger partial charge in [-0.25, -0.2) is 0 Å². The van der Waals surface area contributed by atoms with Crippen molar-refractivity contribution in [3.8, 4) is 0 Å². The molecule has 0 radical (unpaired) electrons. The molecule has 6 nitrogen and oxygen atoms in total. The van der Waals surface area contributed by atoms with Crippen LogP contribution in [-0.4, -0.2) is 48.3 Å². The van der Waals surface area contributed by atoms with Crippen molar-refractivity contribution >= 4 is 23.5 Å². The zero-order valence-corrected chi connectivity index (χ0v) is 11.2. The van der Waals surface area contributed by atoms with Crippen LogP contribution in [-0.2, 0) is 4.74 Å². The summed E-state index contributed by atoms with van der Waals surface area (Å²) in [6.45, 7) is 6.96. The van der Waals surface area contributed by atoms with Gasteiger partial charge in [-0.2, -0.15) is 15.0 Å². The Kier molecular flexibility index (Phi) is 5.93. The van der Waals surface area contributed by atoms with Crippen LogP contribution >= 0.6 is 11.6 Å². The van der Waals surface area contributed by atoms with Crippen molar-refractivity contribution in [2.24, 2.45) is 0 Å². The zero-order chi connectivity index (χ0) is 12.7. The highest BCUT2D eigenvalue weighted by Gasteiger charge is 2.09. The van der Waals surface area contributed by atoms with Crippen LogP contribution in [0.4, 0.5) is 11.9 Å². The van der Waals surface area contributed by atoms with Crippen LogP contribution in [0, 0.1) is 0 Å². The largest absolute Gasteiger partial charge is 0.383 e. The predicted molar refractivity (Wildman–Crippen MR) is 68.8 cm³/mol. The van der Waals surface area contributed by atoms with E-state index in [-0.39, 0.29) is 5.28 Å². The van der Waals surface area contributed by atoms with E-state index in [4.69, 9.17) is 16.3 Å². The lowest BCUT2D eigenvalue weighted by atomic mass is 10.5. The molecule has 0 aliphatic heterocycles. The Morgan fingerprint density at radius 2 is 1.94 bits per heavy atom. The number of ether oxygens (including phenoxy) is 1. The Balaban J connectivity index is 2.78. The van der Waals surface area contributed by atoms with Crippen LogP contribution in [0.2, 0.25) is 5.28 Å². The summed E-state index contributed by atoms with van der Waals surface area (Å²) < 4.78 is 4.94.